The summed E-state index contributed by atoms with van der Waals surface area (Å²) in [6.07, 6.45) is 1.27. The number of hydrogen-bond acceptors (Lipinski definition) is 5. The Morgan fingerprint density at radius 2 is 1.63 bits per heavy atom. The summed E-state index contributed by atoms with van der Waals surface area (Å²) in [4.78, 5) is 53.2. The van der Waals surface area contributed by atoms with Crippen molar-refractivity contribution in [1.29, 1.82) is 0 Å². The normalized spacial score (nSPS) is 10.8. The van der Waals surface area contributed by atoms with Gasteiger partial charge in [0.2, 0.25) is 5.91 Å². The molecular weight excluding hydrogens is 386 g/mol. The van der Waals surface area contributed by atoms with Crippen LogP contribution in [0.25, 0.3) is 11.0 Å². The van der Waals surface area contributed by atoms with Crippen molar-refractivity contribution in [2.45, 2.75) is 20.8 Å². The van der Waals surface area contributed by atoms with E-state index in [-0.39, 0.29) is 29.0 Å². The molecule has 2 aromatic heterocycles. The minimum Gasteiger partial charge on any atom is -0.343 e. The fourth-order valence-electron chi connectivity index (χ4n) is 3.41. The lowest BCUT2D eigenvalue weighted by Gasteiger charge is -2.13. The summed E-state index contributed by atoms with van der Waals surface area (Å²) in [5, 5.41) is 5.48. The van der Waals surface area contributed by atoms with Gasteiger partial charge in [0.05, 0.1) is 17.5 Å². The molecule has 3 rings (SSSR count). The van der Waals surface area contributed by atoms with Crippen LogP contribution in [-0.4, -0.2) is 32.5 Å². The van der Waals surface area contributed by atoms with Crippen molar-refractivity contribution in [1.82, 2.24) is 19.4 Å². The fraction of sp³-hybridized carbons (Fsp3) is 0.286. The minimum atomic E-state index is -0.548. The van der Waals surface area contributed by atoms with Crippen LogP contribution in [0.15, 0.2) is 34.0 Å². The van der Waals surface area contributed by atoms with Gasteiger partial charge >= 0.3 is 5.69 Å². The Kier molecular flexibility index (Phi) is 5.55. The molecule has 0 spiro atoms. The maximum Gasteiger partial charge on any atom is 0.332 e. The molecule has 0 aliphatic carbocycles. The van der Waals surface area contributed by atoms with Crippen molar-refractivity contribution in [3.8, 4) is 0 Å². The third-order valence-electron chi connectivity index (χ3n) is 4.91. The lowest BCUT2D eigenvalue weighted by Crippen LogP contribution is -2.37. The first kappa shape index (κ1) is 21.0. The van der Waals surface area contributed by atoms with E-state index in [1.54, 1.807) is 0 Å². The van der Waals surface area contributed by atoms with Crippen LogP contribution in [0.1, 0.15) is 27.0 Å². The molecule has 9 nitrogen and oxygen atoms in total. The minimum absolute atomic E-state index is 0.119. The molecule has 0 aliphatic heterocycles. The number of aromatic nitrogens is 3. The first-order chi connectivity index (χ1) is 14.1. The SMILES string of the molecule is Cc1cc(C)c(NC(=O)CNC(=O)c2cnc3c(c2)c(=O)n(C)c(=O)n3C)c(C)c1. The highest BCUT2D eigenvalue weighted by Gasteiger charge is 2.15. The number of hydrogen-bond donors (Lipinski definition) is 2. The van der Waals surface area contributed by atoms with E-state index in [4.69, 9.17) is 0 Å². The average Bonchev–Trinajstić information content (AvgIpc) is 2.71. The molecule has 2 heterocycles. The maximum atomic E-state index is 12.5. The Balaban J connectivity index is 1.77. The Morgan fingerprint density at radius 3 is 2.27 bits per heavy atom. The van der Waals surface area contributed by atoms with E-state index in [0.29, 0.717) is 0 Å². The summed E-state index contributed by atoms with van der Waals surface area (Å²) < 4.78 is 2.18. The third-order valence-corrected chi connectivity index (χ3v) is 4.91. The van der Waals surface area contributed by atoms with Gasteiger partial charge in [0.1, 0.15) is 5.65 Å². The number of amides is 2. The topological polar surface area (TPSA) is 115 Å². The number of nitrogens with one attached hydrogen (secondary N) is 2. The van der Waals surface area contributed by atoms with Crippen LogP contribution in [0.2, 0.25) is 0 Å². The van der Waals surface area contributed by atoms with Gasteiger partial charge in [-0.05, 0) is 38.0 Å². The van der Waals surface area contributed by atoms with Gasteiger partial charge in [0, 0.05) is 26.0 Å². The van der Waals surface area contributed by atoms with Gasteiger partial charge in [-0.15, -0.1) is 0 Å². The lowest BCUT2D eigenvalue weighted by molar-refractivity contribution is -0.115. The zero-order valence-electron chi connectivity index (χ0n) is 17.5. The van der Waals surface area contributed by atoms with E-state index in [1.807, 2.05) is 32.9 Å². The van der Waals surface area contributed by atoms with Gasteiger partial charge in [-0.2, -0.15) is 0 Å². The van der Waals surface area contributed by atoms with Crippen molar-refractivity contribution in [2.75, 3.05) is 11.9 Å². The summed E-state index contributed by atoms with van der Waals surface area (Å²) in [7, 11) is 2.85. The lowest BCUT2D eigenvalue weighted by atomic mass is 10.1. The van der Waals surface area contributed by atoms with Crippen LogP contribution in [-0.2, 0) is 18.9 Å². The van der Waals surface area contributed by atoms with Crippen LogP contribution in [0.4, 0.5) is 5.69 Å². The summed E-state index contributed by atoms with van der Waals surface area (Å²) in [5.74, 6) is -0.918. The molecule has 30 heavy (non-hydrogen) atoms. The molecule has 0 radical (unpaired) electrons. The smallest absolute Gasteiger partial charge is 0.332 e. The summed E-state index contributed by atoms with van der Waals surface area (Å²) >= 11 is 0. The van der Waals surface area contributed by atoms with Crippen LogP contribution in [0, 0.1) is 20.8 Å². The van der Waals surface area contributed by atoms with Crippen molar-refractivity contribution < 1.29 is 9.59 Å². The first-order valence-corrected chi connectivity index (χ1v) is 9.31. The molecule has 156 valence electrons. The number of nitrogens with zero attached hydrogens (tertiary/aromatic N) is 3. The van der Waals surface area contributed by atoms with Crippen LogP contribution < -0.4 is 21.9 Å². The number of anilines is 1. The van der Waals surface area contributed by atoms with Crippen molar-refractivity contribution >= 4 is 28.5 Å². The molecule has 0 unspecified atom stereocenters. The van der Waals surface area contributed by atoms with Crippen LogP contribution >= 0.6 is 0 Å². The van der Waals surface area contributed by atoms with Crippen molar-refractivity contribution in [3.63, 3.8) is 0 Å². The van der Waals surface area contributed by atoms with Crippen molar-refractivity contribution in [3.05, 3.63) is 67.5 Å². The Morgan fingerprint density at radius 1 is 1.00 bits per heavy atom. The maximum absolute atomic E-state index is 12.5. The second kappa shape index (κ2) is 7.94. The van der Waals surface area contributed by atoms with E-state index in [9.17, 15) is 19.2 Å². The highest BCUT2D eigenvalue weighted by Crippen LogP contribution is 2.21. The second-order valence-corrected chi connectivity index (χ2v) is 7.31. The van der Waals surface area contributed by atoms with Crippen LogP contribution in [0.5, 0.6) is 0 Å². The molecule has 3 aromatic rings. The molecule has 0 saturated carbocycles. The summed E-state index contributed by atoms with van der Waals surface area (Å²) in [6, 6.07) is 5.30. The van der Waals surface area contributed by atoms with E-state index in [1.165, 1.54) is 30.9 Å². The van der Waals surface area contributed by atoms with E-state index >= 15 is 0 Å². The first-order valence-electron chi connectivity index (χ1n) is 9.31. The van der Waals surface area contributed by atoms with Gasteiger partial charge in [0.25, 0.3) is 11.5 Å². The highest BCUT2D eigenvalue weighted by atomic mass is 16.2. The van der Waals surface area contributed by atoms with E-state index < -0.39 is 17.2 Å². The standard InChI is InChI=1S/C21H23N5O4/c1-11-6-12(2)17(13(3)7-11)24-16(27)10-23-19(28)14-8-15-18(22-9-14)25(4)21(30)26(5)20(15)29/h6-9H,10H2,1-5H3,(H,23,28)(H,24,27). The third kappa shape index (κ3) is 3.86. The Labute approximate surface area is 172 Å². The van der Waals surface area contributed by atoms with Crippen LogP contribution in [0.3, 0.4) is 0 Å². The number of fused-ring (bicyclic) bond motifs is 1. The zero-order chi connectivity index (χ0) is 22.2. The molecule has 0 fully saturated rings. The number of benzene rings is 1. The number of pyridine rings is 1. The van der Waals surface area contributed by atoms with Crippen molar-refractivity contribution in [2.24, 2.45) is 14.1 Å². The molecular formula is C21H23N5O4. The quantitative estimate of drug-likeness (QED) is 0.665. The number of rotatable bonds is 4. The number of aryl methyl sites for hydroxylation is 4. The number of carbonyl (C=O) groups excluding carboxylic acids is 2. The monoisotopic (exact) mass is 409 g/mol. The van der Waals surface area contributed by atoms with Gasteiger partial charge in [0.15, 0.2) is 0 Å². The average molecular weight is 409 g/mol. The molecule has 0 aliphatic rings. The fourth-order valence-corrected chi connectivity index (χ4v) is 3.41. The largest absolute Gasteiger partial charge is 0.343 e. The highest BCUT2D eigenvalue weighted by molar-refractivity contribution is 6.01. The predicted octanol–water partition coefficient (Wildman–Crippen LogP) is 0.926. The Hall–Kier alpha value is -3.75. The summed E-state index contributed by atoms with van der Waals surface area (Å²) in [5.41, 5.74) is 2.95. The molecule has 2 N–H and O–H groups in total. The van der Waals surface area contributed by atoms with E-state index in [2.05, 4.69) is 15.6 Å². The predicted molar refractivity (Wildman–Crippen MR) is 114 cm³/mol. The van der Waals surface area contributed by atoms with Gasteiger partial charge in [-0.1, -0.05) is 17.7 Å². The molecule has 0 atom stereocenters. The van der Waals surface area contributed by atoms with Gasteiger partial charge in [-0.3, -0.25) is 23.5 Å². The molecule has 0 saturated heterocycles. The molecule has 2 amide bonds. The van der Waals surface area contributed by atoms with Gasteiger partial charge < -0.3 is 10.6 Å². The zero-order valence-corrected chi connectivity index (χ0v) is 17.5. The summed E-state index contributed by atoms with van der Waals surface area (Å²) in [6.45, 7) is 5.55. The van der Waals surface area contributed by atoms with Gasteiger partial charge in [-0.25, -0.2) is 9.78 Å². The Bertz CT molecular complexity index is 1280. The van der Waals surface area contributed by atoms with E-state index in [0.717, 1.165) is 26.9 Å². The molecule has 9 heteroatoms. The second-order valence-electron chi connectivity index (χ2n) is 7.31. The number of carbonyl (C=O) groups is 2. The molecule has 0 bridgehead atoms. The molecule has 1 aromatic carbocycles.